The molecule has 1 aliphatic rings. The van der Waals surface area contributed by atoms with Gasteiger partial charge in [-0.05, 0) is 78.9 Å². The largest absolute Gasteiger partial charge is 0.345 e. The lowest BCUT2D eigenvalue weighted by Gasteiger charge is -2.12. The summed E-state index contributed by atoms with van der Waals surface area (Å²) in [5.41, 5.74) is 8.51. The van der Waals surface area contributed by atoms with Crippen molar-refractivity contribution in [1.82, 2.24) is 8.97 Å². The number of aromatic nitrogens is 2. The molecular formula is C29H22BrClFN3S. The maximum Gasteiger partial charge on any atom is 0.128 e. The smallest absolute Gasteiger partial charge is 0.128 e. The van der Waals surface area contributed by atoms with E-state index in [2.05, 4.69) is 60.7 Å². The zero-order valence-electron chi connectivity index (χ0n) is 19.3. The highest BCUT2D eigenvalue weighted by Crippen LogP contribution is 2.40. The van der Waals surface area contributed by atoms with E-state index in [1.54, 1.807) is 0 Å². The molecule has 6 rings (SSSR count). The zero-order valence-corrected chi connectivity index (χ0v) is 22.4. The van der Waals surface area contributed by atoms with Gasteiger partial charge >= 0.3 is 0 Å². The van der Waals surface area contributed by atoms with E-state index in [-0.39, 0.29) is 5.82 Å². The van der Waals surface area contributed by atoms with Crippen LogP contribution in [0.1, 0.15) is 24.1 Å². The van der Waals surface area contributed by atoms with Crippen LogP contribution in [0.4, 0.5) is 10.1 Å². The standard InChI is InChI=1S/C29H22BrClFN3S/c30-20-8-4-18(5-9-20)25-17-35-27(28(36)33-23-14-10-21(31)11-15-23)26(19-6-12-22(32)13-7-19)24-3-1-2-16-34(25)29(24)35/h4-15,17H,1-3,16H2,(H,33,36). The molecule has 0 unspecified atom stereocenters. The molecule has 0 radical (unpaired) electrons. The Morgan fingerprint density at radius 2 is 1.61 bits per heavy atom. The van der Waals surface area contributed by atoms with Gasteiger partial charge in [-0.2, -0.15) is 0 Å². The minimum Gasteiger partial charge on any atom is -0.345 e. The number of imidazole rings is 1. The monoisotopic (exact) mass is 577 g/mol. The van der Waals surface area contributed by atoms with Crippen molar-refractivity contribution in [3.63, 3.8) is 0 Å². The summed E-state index contributed by atoms with van der Waals surface area (Å²) in [6.45, 7) is 0.929. The molecule has 3 nitrogen and oxygen atoms in total. The Morgan fingerprint density at radius 3 is 2.33 bits per heavy atom. The molecule has 0 atom stereocenters. The van der Waals surface area contributed by atoms with Crippen LogP contribution in [0.2, 0.25) is 5.02 Å². The molecule has 3 heterocycles. The van der Waals surface area contributed by atoms with Gasteiger partial charge in [0.05, 0.1) is 11.4 Å². The molecule has 36 heavy (non-hydrogen) atoms. The number of nitrogens with zero attached hydrogens (tertiary/aromatic N) is 2. The van der Waals surface area contributed by atoms with Gasteiger partial charge in [0.25, 0.3) is 0 Å². The average Bonchev–Trinajstić information content (AvgIpc) is 3.29. The molecule has 0 bridgehead atoms. The van der Waals surface area contributed by atoms with Crippen LogP contribution >= 0.6 is 39.7 Å². The summed E-state index contributed by atoms with van der Waals surface area (Å²) in [6.07, 6.45) is 5.29. The first-order valence-electron chi connectivity index (χ1n) is 11.8. The minimum atomic E-state index is -0.251. The summed E-state index contributed by atoms with van der Waals surface area (Å²) in [7, 11) is 0. The van der Waals surface area contributed by atoms with Gasteiger partial charge in [-0.1, -0.05) is 64.0 Å². The molecule has 0 amide bonds. The third-order valence-electron chi connectivity index (χ3n) is 6.72. The Bertz CT molecular complexity index is 1590. The van der Waals surface area contributed by atoms with Crippen molar-refractivity contribution in [3.8, 4) is 22.4 Å². The van der Waals surface area contributed by atoms with Crippen LogP contribution in [-0.4, -0.2) is 14.0 Å². The van der Waals surface area contributed by atoms with Crippen LogP contribution in [0.15, 0.2) is 83.5 Å². The highest BCUT2D eigenvalue weighted by molar-refractivity contribution is 9.10. The van der Waals surface area contributed by atoms with E-state index in [1.165, 1.54) is 17.7 Å². The Kier molecular flexibility index (Phi) is 6.20. The predicted molar refractivity (Wildman–Crippen MR) is 154 cm³/mol. The van der Waals surface area contributed by atoms with Crippen LogP contribution in [0.5, 0.6) is 0 Å². The van der Waals surface area contributed by atoms with Crippen LogP contribution in [-0.2, 0) is 13.0 Å². The van der Waals surface area contributed by atoms with Crippen LogP contribution in [0.3, 0.4) is 0 Å². The molecule has 5 aromatic rings. The first kappa shape index (κ1) is 23.5. The van der Waals surface area contributed by atoms with Crippen LogP contribution in [0.25, 0.3) is 28.0 Å². The van der Waals surface area contributed by atoms with Gasteiger partial charge in [0.2, 0.25) is 0 Å². The molecule has 3 aromatic carbocycles. The Morgan fingerprint density at radius 1 is 0.917 bits per heavy atom. The van der Waals surface area contributed by atoms with Crippen molar-refractivity contribution in [2.45, 2.75) is 25.8 Å². The molecule has 7 heteroatoms. The molecule has 180 valence electrons. The maximum absolute atomic E-state index is 13.9. The Labute approximate surface area is 227 Å². The number of rotatable bonds is 4. The summed E-state index contributed by atoms with van der Waals surface area (Å²) in [5, 5.41) is 4.08. The van der Waals surface area contributed by atoms with Crippen molar-refractivity contribution in [2.75, 3.05) is 5.32 Å². The van der Waals surface area contributed by atoms with Gasteiger partial charge in [-0.3, -0.25) is 4.40 Å². The first-order chi connectivity index (χ1) is 17.5. The van der Waals surface area contributed by atoms with E-state index in [0.717, 1.165) is 69.7 Å². The molecular weight excluding hydrogens is 557 g/mol. The molecule has 0 aliphatic carbocycles. The van der Waals surface area contributed by atoms with E-state index in [4.69, 9.17) is 23.8 Å². The molecule has 0 saturated carbocycles. The minimum absolute atomic E-state index is 0.251. The second-order valence-corrected chi connectivity index (χ2v) is 10.8. The Hall–Kier alpha value is -2.93. The van der Waals surface area contributed by atoms with E-state index in [0.29, 0.717) is 10.0 Å². The van der Waals surface area contributed by atoms with Crippen LogP contribution in [0, 0.1) is 5.82 Å². The highest BCUT2D eigenvalue weighted by atomic mass is 79.9. The van der Waals surface area contributed by atoms with E-state index < -0.39 is 0 Å². The van der Waals surface area contributed by atoms with Crippen LogP contribution < -0.4 is 5.32 Å². The fourth-order valence-electron chi connectivity index (χ4n) is 5.11. The molecule has 1 N–H and O–H groups in total. The number of thiocarbonyl (C=S) groups is 1. The molecule has 0 spiro atoms. The second-order valence-electron chi connectivity index (χ2n) is 8.99. The van der Waals surface area contributed by atoms with Crippen molar-refractivity contribution in [3.05, 3.63) is 106 Å². The topological polar surface area (TPSA) is 21.4 Å². The SMILES string of the molecule is Fc1ccc(-c2c3c4n(c(-c5ccc(Br)cc5)cn4c2C(=S)Nc2ccc(Cl)cc2)CCCC3)cc1. The number of nitrogens with one attached hydrogen (secondary N) is 1. The van der Waals surface area contributed by atoms with Crippen molar-refractivity contribution < 1.29 is 4.39 Å². The summed E-state index contributed by atoms with van der Waals surface area (Å²) in [4.78, 5) is 0.609. The average molecular weight is 579 g/mol. The third kappa shape index (κ3) is 4.17. The molecule has 1 aliphatic heterocycles. The quantitative estimate of drug-likeness (QED) is 0.215. The summed E-state index contributed by atoms with van der Waals surface area (Å²) in [5.74, 6) is -0.251. The second kappa shape index (κ2) is 9.51. The lowest BCUT2D eigenvalue weighted by atomic mass is 9.98. The van der Waals surface area contributed by atoms with Gasteiger partial charge in [-0.15, -0.1) is 0 Å². The van der Waals surface area contributed by atoms with Gasteiger partial charge < -0.3 is 9.88 Å². The number of aryl methyl sites for hydroxylation is 2. The zero-order chi connectivity index (χ0) is 24.8. The molecule has 0 fully saturated rings. The van der Waals surface area contributed by atoms with E-state index >= 15 is 0 Å². The summed E-state index contributed by atoms with van der Waals surface area (Å²) < 4.78 is 19.5. The summed E-state index contributed by atoms with van der Waals surface area (Å²) >= 11 is 15.7. The van der Waals surface area contributed by atoms with Crippen molar-refractivity contribution >= 4 is 56.1 Å². The molecule has 0 saturated heterocycles. The number of anilines is 1. The molecule has 2 aromatic heterocycles. The van der Waals surface area contributed by atoms with Gasteiger partial charge in [0.15, 0.2) is 0 Å². The van der Waals surface area contributed by atoms with E-state index in [9.17, 15) is 4.39 Å². The highest BCUT2D eigenvalue weighted by Gasteiger charge is 2.28. The van der Waals surface area contributed by atoms with Gasteiger partial charge in [0, 0.05) is 39.1 Å². The first-order valence-corrected chi connectivity index (χ1v) is 13.4. The predicted octanol–water partition coefficient (Wildman–Crippen LogP) is 8.75. The van der Waals surface area contributed by atoms with Gasteiger partial charge in [0.1, 0.15) is 16.5 Å². The van der Waals surface area contributed by atoms with Crippen molar-refractivity contribution in [1.29, 1.82) is 0 Å². The number of benzene rings is 3. The fourth-order valence-corrected chi connectivity index (χ4v) is 5.82. The van der Waals surface area contributed by atoms with Crippen molar-refractivity contribution in [2.24, 2.45) is 0 Å². The lowest BCUT2D eigenvalue weighted by molar-refractivity contribution is 0.628. The number of halogens is 3. The third-order valence-corrected chi connectivity index (χ3v) is 7.80. The number of hydrogen-bond acceptors (Lipinski definition) is 1. The fraction of sp³-hybridized carbons (Fsp3) is 0.138. The lowest BCUT2D eigenvalue weighted by Crippen LogP contribution is -2.14. The summed E-state index contributed by atoms with van der Waals surface area (Å²) in [6, 6.07) is 22.7. The van der Waals surface area contributed by atoms with Gasteiger partial charge in [-0.25, -0.2) is 4.39 Å². The maximum atomic E-state index is 13.9. The Balaban J connectivity index is 1.60. The normalized spacial score (nSPS) is 13.1. The van der Waals surface area contributed by atoms with E-state index in [1.807, 2.05) is 36.4 Å². The number of hydrogen-bond donors (Lipinski definition) is 1.